The summed E-state index contributed by atoms with van der Waals surface area (Å²) in [4.78, 5) is 22.7. The van der Waals surface area contributed by atoms with Gasteiger partial charge >= 0.3 is 0 Å². The lowest BCUT2D eigenvalue weighted by Gasteiger charge is -2.50. The van der Waals surface area contributed by atoms with E-state index in [2.05, 4.69) is 6.58 Å². The van der Waals surface area contributed by atoms with Crippen LogP contribution in [0.5, 0.6) is 17.2 Å². The average Bonchev–Trinajstić information content (AvgIpc) is 2.81. The number of ether oxygens (including phenoxy) is 3. The summed E-state index contributed by atoms with van der Waals surface area (Å²) in [5, 5.41) is -0.784. The van der Waals surface area contributed by atoms with Gasteiger partial charge in [0.15, 0.2) is 23.1 Å². The van der Waals surface area contributed by atoms with Crippen LogP contribution in [0.15, 0.2) is 46.5 Å². The zero-order valence-electron chi connectivity index (χ0n) is 17.8. The Labute approximate surface area is 206 Å². The van der Waals surface area contributed by atoms with Gasteiger partial charge in [-0.1, -0.05) is 41.9 Å². The van der Waals surface area contributed by atoms with Crippen LogP contribution in [0.2, 0.25) is 0 Å². The van der Waals surface area contributed by atoms with Gasteiger partial charge < -0.3 is 14.2 Å². The molecule has 0 N–H and O–H groups in total. The summed E-state index contributed by atoms with van der Waals surface area (Å²) < 4.78 is 16.2. The molecule has 0 heterocycles. The zero-order chi connectivity index (χ0) is 23.8. The first-order valence-electron chi connectivity index (χ1n) is 9.74. The highest BCUT2D eigenvalue weighted by molar-refractivity contribution is 6.66. The number of ketones is 2. The number of allylic oxidation sites excluding steroid dienone is 5. The molecule has 0 spiro atoms. The molecule has 0 aliphatic heterocycles. The molecule has 172 valence electrons. The van der Waals surface area contributed by atoms with E-state index in [0.29, 0.717) is 35.7 Å². The first kappa shape index (κ1) is 25.0. The van der Waals surface area contributed by atoms with E-state index >= 15 is 0 Å². The topological polar surface area (TPSA) is 61.8 Å². The Morgan fingerprint density at radius 1 is 1.03 bits per heavy atom. The molecule has 32 heavy (non-hydrogen) atoms. The highest BCUT2D eigenvalue weighted by Crippen LogP contribution is 2.57. The second-order valence-corrected chi connectivity index (χ2v) is 9.53. The number of methoxy groups -OCH3 is 3. The lowest BCUT2D eigenvalue weighted by atomic mass is 9.63. The fraction of sp³-hybridized carbons (Fsp3) is 0.391. The highest BCUT2D eigenvalue weighted by Gasteiger charge is 2.67. The molecule has 0 bridgehead atoms. The van der Waals surface area contributed by atoms with Crippen molar-refractivity contribution < 1.29 is 23.8 Å². The van der Waals surface area contributed by atoms with Crippen molar-refractivity contribution in [3.8, 4) is 17.2 Å². The molecule has 3 atom stereocenters. The van der Waals surface area contributed by atoms with Crippen LogP contribution >= 0.6 is 46.4 Å². The summed E-state index contributed by atoms with van der Waals surface area (Å²) in [6, 6.07) is 3.63. The van der Waals surface area contributed by atoms with Crippen molar-refractivity contribution in [2.45, 2.75) is 29.0 Å². The van der Waals surface area contributed by atoms with Crippen LogP contribution in [0.4, 0.5) is 0 Å². The number of hydrogen-bond donors (Lipinski definition) is 0. The van der Waals surface area contributed by atoms with Gasteiger partial charge in [-0.15, -0.1) is 23.2 Å². The number of hydrogen-bond acceptors (Lipinski definition) is 5. The molecular formula is C23H22Cl4O5. The van der Waals surface area contributed by atoms with Gasteiger partial charge in [-0.05, 0) is 42.5 Å². The van der Waals surface area contributed by atoms with Crippen LogP contribution in [0.1, 0.15) is 18.4 Å². The van der Waals surface area contributed by atoms with Gasteiger partial charge in [0.25, 0.3) is 0 Å². The third-order valence-electron chi connectivity index (χ3n) is 6.04. The fourth-order valence-corrected chi connectivity index (χ4v) is 5.83. The predicted octanol–water partition coefficient (Wildman–Crippen LogP) is 5.57. The molecule has 0 amide bonds. The maximum absolute atomic E-state index is 13.2. The van der Waals surface area contributed by atoms with Gasteiger partial charge in [0, 0.05) is 5.92 Å². The summed E-state index contributed by atoms with van der Waals surface area (Å²) >= 11 is 25.8. The number of aryl methyl sites for hydroxylation is 1. The molecule has 0 saturated heterocycles. The molecular weight excluding hydrogens is 498 g/mol. The third kappa shape index (κ3) is 3.63. The minimum Gasteiger partial charge on any atom is -0.493 e. The molecule has 2 aliphatic rings. The summed E-state index contributed by atoms with van der Waals surface area (Å²) in [5.74, 6) is -0.489. The molecule has 9 heteroatoms. The van der Waals surface area contributed by atoms with Crippen LogP contribution in [-0.2, 0) is 16.0 Å². The molecule has 2 aliphatic carbocycles. The van der Waals surface area contributed by atoms with Crippen molar-refractivity contribution in [2.75, 3.05) is 21.3 Å². The van der Waals surface area contributed by atoms with Crippen LogP contribution in [0.25, 0.3) is 0 Å². The van der Waals surface area contributed by atoms with E-state index in [-0.39, 0.29) is 11.5 Å². The molecule has 0 saturated carbocycles. The number of halogens is 4. The Morgan fingerprint density at radius 2 is 1.59 bits per heavy atom. The number of benzene rings is 1. The van der Waals surface area contributed by atoms with Crippen LogP contribution in [0, 0.1) is 5.92 Å². The lowest BCUT2D eigenvalue weighted by Crippen LogP contribution is -2.64. The second kappa shape index (κ2) is 9.30. The van der Waals surface area contributed by atoms with E-state index in [9.17, 15) is 9.59 Å². The van der Waals surface area contributed by atoms with Crippen LogP contribution < -0.4 is 14.2 Å². The number of carbonyl (C=O) groups excluding carboxylic acids is 2. The van der Waals surface area contributed by atoms with Crippen molar-refractivity contribution in [2.24, 2.45) is 5.92 Å². The summed E-state index contributed by atoms with van der Waals surface area (Å²) in [7, 11) is 4.58. The number of alkyl halides is 2. The van der Waals surface area contributed by atoms with E-state index in [1.807, 2.05) is 12.1 Å². The van der Waals surface area contributed by atoms with Gasteiger partial charge in [-0.25, -0.2) is 0 Å². The second-order valence-electron chi connectivity index (χ2n) is 7.54. The highest BCUT2D eigenvalue weighted by atomic mass is 35.5. The number of carbonyl (C=O) groups is 2. The summed E-state index contributed by atoms with van der Waals surface area (Å²) in [6.45, 7) is 3.84. The van der Waals surface area contributed by atoms with Crippen LogP contribution in [-0.4, -0.2) is 42.6 Å². The monoisotopic (exact) mass is 518 g/mol. The van der Waals surface area contributed by atoms with Crippen molar-refractivity contribution in [3.63, 3.8) is 0 Å². The third-order valence-corrected chi connectivity index (χ3v) is 8.34. The van der Waals surface area contributed by atoms with Gasteiger partial charge in [-0.2, -0.15) is 0 Å². The van der Waals surface area contributed by atoms with Gasteiger partial charge in [-0.3, -0.25) is 9.59 Å². The molecule has 5 nitrogen and oxygen atoms in total. The SMILES string of the molecule is C=CC1=CCC2(Cl)C(=O)C(Cl)=C(Cl)C(=O)C2(Cl)C1CCc1cc(OC)c(OC)c(OC)c1. The summed E-state index contributed by atoms with van der Waals surface area (Å²) in [5.41, 5.74) is 1.57. The molecule has 0 radical (unpaired) electrons. The van der Waals surface area contributed by atoms with E-state index in [0.717, 1.165) is 5.56 Å². The molecule has 0 fully saturated rings. The first-order chi connectivity index (χ1) is 15.1. The molecule has 3 rings (SSSR count). The maximum atomic E-state index is 13.2. The zero-order valence-corrected chi connectivity index (χ0v) is 20.8. The Hall–Kier alpha value is -1.66. The summed E-state index contributed by atoms with van der Waals surface area (Å²) in [6.07, 6.45) is 4.26. The van der Waals surface area contributed by atoms with Gasteiger partial charge in [0.05, 0.1) is 21.3 Å². The molecule has 3 unspecified atom stereocenters. The minimum atomic E-state index is -1.81. The first-order valence-corrected chi connectivity index (χ1v) is 11.3. The van der Waals surface area contributed by atoms with Crippen molar-refractivity contribution >= 4 is 58.0 Å². The normalized spacial score (nSPS) is 27.6. The fourth-order valence-electron chi connectivity index (χ4n) is 4.37. The van der Waals surface area contributed by atoms with Crippen LogP contribution in [0.3, 0.4) is 0 Å². The number of fused-ring (bicyclic) bond motifs is 1. The Balaban J connectivity index is 2.04. The van der Waals surface area contributed by atoms with Gasteiger partial charge in [0.1, 0.15) is 19.8 Å². The Kier molecular flexibility index (Phi) is 7.26. The standard InChI is InChI=1S/C23H22Cl4O5/c1-5-13-8-9-22(26)20(28)17(24)18(25)21(29)23(22,27)14(13)7-6-12-10-15(30-2)19(32-4)16(11-12)31-3/h5,8,10-11,14H,1,6-7,9H2,2-4H3. The van der Waals surface area contributed by atoms with E-state index in [1.54, 1.807) is 12.2 Å². The minimum absolute atomic E-state index is 0.0328. The Bertz CT molecular complexity index is 1020. The maximum Gasteiger partial charge on any atom is 0.203 e. The lowest BCUT2D eigenvalue weighted by molar-refractivity contribution is -0.128. The van der Waals surface area contributed by atoms with Crippen molar-refractivity contribution in [1.29, 1.82) is 0 Å². The average molecular weight is 520 g/mol. The Morgan fingerprint density at radius 3 is 2.09 bits per heavy atom. The van der Waals surface area contributed by atoms with Crippen molar-refractivity contribution in [1.82, 2.24) is 0 Å². The van der Waals surface area contributed by atoms with Gasteiger partial charge in [0.2, 0.25) is 5.75 Å². The smallest absolute Gasteiger partial charge is 0.203 e. The largest absolute Gasteiger partial charge is 0.493 e. The quantitative estimate of drug-likeness (QED) is 0.440. The molecule has 1 aromatic rings. The van der Waals surface area contributed by atoms with E-state index in [1.165, 1.54) is 21.3 Å². The molecule has 1 aromatic carbocycles. The predicted molar refractivity (Wildman–Crippen MR) is 127 cm³/mol. The number of rotatable bonds is 7. The van der Waals surface area contributed by atoms with E-state index < -0.39 is 32.3 Å². The van der Waals surface area contributed by atoms with Crippen molar-refractivity contribution in [3.05, 3.63) is 52.1 Å². The van der Waals surface area contributed by atoms with E-state index in [4.69, 9.17) is 60.6 Å². The number of Topliss-reactive ketones (excluding diaryl/α,β-unsaturated/α-hetero) is 2. The molecule has 0 aromatic heterocycles.